The van der Waals surface area contributed by atoms with Gasteiger partial charge in [0, 0.05) is 21.2 Å². The van der Waals surface area contributed by atoms with Gasteiger partial charge in [-0.05, 0) is 25.1 Å². The van der Waals surface area contributed by atoms with E-state index in [4.69, 9.17) is 0 Å². The molecule has 1 aromatic heterocycles. The molecule has 0 radical (unpaired) electrons. The first-order chi connectivity index (χ1) is 11.5. The van der Waals surface area contributed by atoms with Crippen molar-refractivity contribution in [3.63, 3.8) is 0 Å². The summed E-state index contributed by atoms with van der Waals surface area (Å²) in [6, 6.07) is 6.79. The fourth-order valence-electron chi connectivity index (χ4n) is 2.43. The number of benzene rings is 1. The Balaban J connectivity index is 1.66. The molecule has 3 rings (SSSR count). The second-order valence-electron chi connectivity index (χ2n) is 5.38. The lowest BCUT2D eigenvalue weighted by Gasteiger charge is -2.23. The number of aromatic nitrogens is 1. The molecule has 24 heavy (non-hydrogen) atoms. The van der Waals surface area contributed by atoms with Gasteiger partial charge in [-0.2, -0.15) is 0 Å². The highest BCUT2D eigenvalue weighted by molar-refractivity contribution is 9.10. The third kappa shape index (κ3) is 3.99. The molecule has 1 atom stereocenters. The van der Waals surface area contributed by atoms with Crippen molar-refractivity contribution in [1.29, 1.82) is 0 Å². The molecule has 2 amide bonds. The molecule has 1 aromatic carbocycles. The molecule has 0 saturated carbocycles. The Kier molecular flexibility index (Phi) is 5.57. The Morgan fingerprint density at radius 2 is 2.29 bits per heavy atom. The van der Waals surface area contributed by atoms with Crippen LogP contribution in [-0.4, -0.2) is 39.4 Å². The summed E-state index contributed by atoms with van der Waals surface area (Å²) >= 11 is 6.52. The number of amides is 2. The number of aryl methyl sites for hydroxylation is 1. The van der Waals surface area contributed by atoms with Crippen LogP contribution in [0, 0.1) is 6.92 Å². The maximum Gasteiger partial charge on any atom is 0.255 e. The maximum absolute atomic E-state index is 12.7. The van der Waals surface area contributed by atoms with Gasteiger partial charge in [-0.1, -0.05) is 22.0 Å². The van der Waals surface area contributed by atoms with Gasteiger partial charge in [-0.25, -0.2) is 4.98 Å². The van der Waals surface area contributed by atoms with Gasteiger partial charge in [0.2, 0.25) is 5.91 Å². The molecule has 0 bridgehead atoms. The Morgan fingerprint density at radius 1 is 1.46 bits per heavy atom. The van der Waals surface area contributed by atoms with Gasteiger partial charge >= 0.3 is 0 Å². The van der Waals surface area contributed by atoms with Gasteiger partial charge < -0.3 is 10.2 Å². The van der Waals surface area contributed by atoms with E-state index in [1.165, 1.54) is 0 Å². The van der Waals surface area contributed by atoms with Crippen LogP contribution in [-0.2, 0) is 11.3 Å². The van der Waals surface area contributed by atoms with E-state index in [1.54, 1.807) is 40.1 Å². The van der Waals surface area contributed by atoms with Crippen molar-refractivity contribution in [3.05, 3.63) is 50.4 Å². The number of rotatable bonds is 4. The number of thiazole rings is 1. The van der Waals surface area contributed by atoms with Gasteiger partial charge in [0.15, 0.2) is 0 Å². The lowest BCUT2D eigenvalue weighted by Crippen LogP contribution is -2.47. The molecule has 1 aliphatic heterocycles. The molecule has 1 aliphatic rings. The first-order valence-corrected chi connectivity index (χ1v) is 10.2. The van der Waals surface area contributed by atoms with Crippen molar-refractivity contribution in [2.45, 2.75) is 19.5 Å². The van der Waals surface area contributed by atoms with E-state index in [0.717, 1.165) is 15.2 Å². The van der Waals surface area contributed by atoms with Crippen molar-refractivity contribution in [2.24, 2.45) is 0 Å². The molecule has 1 fully saturated rings. The minimum absolute atomic E-state index is 0.119. The zero-order valence-corrected chi connectivity index (χ0v) is 16.2. The lowest BCUT2D eigenvalue weighted by atomic mass is 10.1. The molecule has 5 nitrogen and oxygen atoms in total. The molecular formula is C16H16BrN3O2S2. The van der Waals surface area contributed by atoms with Crippen LogP contribution in [0.1, 0.15) is 21.1 Å². The highest BCUT2D eigenvalue weighted by Crippen LogP contribution is 2.24. The van der Waals surface area contributed by atoms with Gasteiger partial charge in [-0.15, -0.1) is 23.1 Å². The molecule has 0 aliphatic carbocycles. The normalized spacial score (nSPS) is 17.1. The van der Waals surface area contributed by atoms with Crippen LogP contribution < -0.4 is 5.32 Å². The molecule has 126 valence electrons. The number of halogens is 1. The Morgan fingerprint density at radius 3 is 3.00 bits per heavy atom. The van der Waals surface area contributed by atoms with Crippen LogP contribution in [0.4, 0.5) is 0 Å². The Bertz CT molecular complexity index is 765. The summed E-state index contributed by atoms with van der Waals surface area (Å²) in [5.41, 5.74) is 1.43. The molecule has 8 heteroatoms. The van der Waals surface area contributed by atoms with Crippen molar-refractivity contribution in [3.8, 4) is 0 Å². The average Bonchev–Trinajstić information content (AvgIpc) is 3.21. The third-order valence-electron chi connectivity index (χ3n) is 3.63. The number of hydrogen-bond donors (Lipinski definition) is 1. The summed E-state index contributed by atoms with van der Waals surface area (Å²) in [4.78, 5) is 31.1. The third-order valence-corrected chi connectivity index (χ3v) is 5.96. The topological polar surface area (TPSA) is 62.3 Å². The fourth-order valence-corrected chi connectivity index (χ4v) is 4.60. The number of nitrogens with one attached hydrogen (secondary N) is 1. The highest BCUT2D eigenvalue weighted by atomic mass is 79.9. The number of thioether (sulfide) groups is 1. The summed E-state index contributed by atoms with van der Waals surface area (Å²) in [7, 11) is 0. The largest absolute Gasteiger partial charge is 0.349 e. The van der Waals surface area contributed by atoms with E-state index < -0.39 is 6.04 Å². The van der Waals surface area contributed by atoms with Gasteiger partial charge in [0.05, 0.1) is 23.1 Å². The SMILES string of the molecule is Cc1nc(CNC(=O)[C@H]2CSCN2C(=O)c2cccc(Br)c2)cs1. The van der Waals surface area contributed by atoms with E-state index in [1.807, 2.05) is 24.4 Å². The van der Waals surface area contributed by atoms with E-state index in [-0.39, 0.29) is 11.8 Å². The van der Waals surface area contributed by atoms with Crippen LogP contribution in [0.3, 0.4) is 0 Å². The van der Waals surface area contributed by atoms with Crippen LogP contribution in [0.15, 0.2) is 34.1 Å². The van der Waals surface area contributed by atoms with Crippen molar-refractivity contribution < 1.29 is 9.59 Å². The summed E-state index contributed by atoms with van der Waals surface area (Å²) in [5.74, 6) is 0.890. The smallest absolute Gasteiger partial charge is 0.255 e. The minimum atomic E-state index is -0.443. The first-order valence-electron chi connectivity index (χ1n) is 7.37. The summed E-state index contributed by atoms with van der Waals surface area (Å²) in [5, 5.41) is 5.80. The molecule has 2 heterocycles. The summed E-state index contributed by atoms with van der Waals surface area (Å²) < 4.78 is 0.847. The summed E-state index contributed by atoms with van der Waals surface area (Å²) in [6.45, 7) is 2.32. The summed E-state index contributed by atoms with van der Waals surface area (Å²) in [6.07, 6.45) is 0. The first kappa shape index (κ1) is 17.4. The second-order valence-corrected chi connectivity index (χ2v) is 8.35. The van der Waals surface area contributed by atoms with Gasteiger partial charge in [0.1, 0.15) is 6.04 Å². The number of carbonyl (C=O) groups excluding carboxylic acids is 2. The highest BCUT2D eigenvalue weighted by Gasteiger charge is 2.35. The van der Waals surface area contributed by atoms with Crippen molar-refractivity contribution in [2.75, 3.05) is 11.6 Å². The van der Waals surface area contributed by atoms with Crippen LogP contribution >= 0.6 is 39.0 Å². The predicted molar refractivity (Wildman–Crippen MR) is 100 cm³/mol. The van der Waals surface area contributed by atoms with E-state index >= 15 is 0 Å². The van der Waals surface area contributed by atoms with E-state index in [9.17, 15) is 9.59 Å². The Hall–Kier alpha value is -1.38. The zero-order valence-electron chi connectivity index (χ0n) is 13.0. The average molecular weight is 426 g/mol. The maximum atomic E-state index is 12.7. The van der Waals surface area contributed by atoms with Crippen LogP contribution in [0.5, 0.6) is 0 Å². The standard InChI is InChI=1S/C16H16BrN3O2S2/c1-10-19-13(7-24-10)6-18-15(21)14-8-23-9-20(14)16(22)11-3-2-4-12(17)5-11/h2-5,7,14H,6,8-9H2,1H3,(H,18,21)/t14-/m1/s1. The van der Waals surface area contributed by atoms with E-state index in [2.05, 4.69) is 26.2 Å². The van der Waals surface area contributed by atoms with Crippen molar-refractivity contribution in [1.82, 2.24) is 15.2 Å². The fraction of sp³-hybridized carbons (Fsp3) is 0.312. The molecule has 0 spiro atoms. The van der Waals surface area contributed by atoms with Crippen LogP contribution in [0.2, 0.25) is 0 Å². The van der Waals surface area contributed by atoms with Crippen LogP contribution in [0.25, 0.3) is 0 Å². The predicted octanol–water partition coefficient (Wildman–Crippen LogP) is 3.05. The number of nitrogens with zero attached hydrogens (tertiary/aromatic N) is 2. The van der Waals surface area contributed by atoms with Gasteiger partial charge in [0.25, 0.3) is 5.91 Å². The number of carbonyl (C=O) groups is 2. The zero-order chi connectivity index (χ0) is 17.1. The molecular weight excluding hydrogens is 410 g/mol. The molecule has 2 aromatic rings. The number of hydrogen-bond acceptors (Lipinski definition) is 5. The molecule has 1 N–H and O–H groups in total. The monoisotopic (exact) mass is 425 g/mol. The van der Waals surface area contributed by atoms with Gasteiger partial charge in [-0.3, -0.25) is 9.59 Å². The lowest BCUT2D eigenvalue weighted by molar-refractivity contribution is -0.124. The molecule has 1 saturated heterocycles. The quantitative estimate of drug-likeness (QED) is 0.817. The second kappa shape index (κ2) is 7.67. The van der Waals surface area contributed by atoms with Crippen molar-refractivity contribution >= 4 is 50.8 Å². The molecule has 0 unspecified atom stereocenters. The minimum Gasteiger partial charge on any atom is -0.349 e. The van der Waals surface area contributed by atoms with E-state index in [0.29, 0.717) is 23.7 Å². The Labute approximate surface area is 157 Å².